The summed E-state index contributed by atoms with van der Waals surface area (Å²) in [5, 5.41) is 0. The van der Waals surface area contributed by atoms with E-state index in [1.54, 1.807) is 6.20 Å². The van der Waals surface area contributed by atoms with E-state index in [-0.39, 0.29) is 5.91 Å². The summed E-state index contributed by atoms with van der Waals surface area (Å²) in [6.07, 6.45) is 8.98. The molecular weight excluding hydrogens is 396 g/mol. The maximum absolute atomic E-state index is 10.7. The van der Waals surface area contributed by atoms with Crippen molar-refractivity contribution in [1.29, 1.82) is 0 Å². The van der Waals surface area contributed by atoms with E-state index in [2.05, 4.69) is 27.5 Å². The van der Waals surface area contributed by atoms with Crippen molar-refractivity contribution < 1.29 is 9.53 Å². The number of piperidine rings is 1. The van der Waals surface area contributed by atoms with Crippen molar-refractivity contribution in [2.45, 2.75) is 45.4 Å². The fourth-order valence-corrected chi connectivity index (χ4v) is 4.23. The molecule has 2 aromatic rings. The fourth-order valence-electron chi connectivity index (χ4n) is 3.31. The molecule has 0 atom stereocenters. The molecule has 0 aliphatic carbocycles. The molecule has 2 aromatic heterocycles. The van der Waals surface area contributed by atoms with Gasteiger partial charge in [-0.2, -0.15) is 0 Å². The van der Waals surface area contributed by atoms with E-state index in [9.17, 15) is 4.79 Å². The van der Waals surface area contributed by atoms with Crippen LogP contribution in [0.15, 0.2) is 42.9 Å². The van der Waals surface area contributed by atoms with Crippen molar-refractivity contribution in [1.82, 2.24) is 14.3 Å². The highest BCUT2D eigenvalue weighted by Gasteiger charge is 2.21. The molecule has 1 aliphatic heterocycles. The van der Waals surface area contributed by atoms with E-state index in [1.165, 1.54) is 5.69 Å². The summed E-state index contributed by atoms with van der Waals surface area (Å²) in [4.78, 5) is 19.5. The molecule has 30 heavy (non-hydrogen) atoms. The summed E-state index contributed by atoms with van der Waals surface area (Å²) in [5.74, 6) is 1.21. The van der Waals surface area contributed by atoms with Gasteiger partial charge in [0.15, 0.2) is 0 Å². The lowest BCUT2D eigenvalue weighted by molar-refractivity contribution is -0.118. The van der Waals surface area contributed by atoms with Crippen molar-refractivity contribution in [3.05, 3.63) is 48.5 Å². The van der Waals surface area contributed by atoms with Gasteiger partial charge in [-0.05, 0) is 31.4 Å². The molecule has 0 radical (unpaired) electrons. The van der Waals surface area contributed by atoms with Crippen LogP contribution >= 0.6 is 11.9 Å². The van der Waals surface area contributed by atoms with Crippen molar-refractivity contribution in [2.75, 3.05) is 32.1 Å². The molecule has 2 N–H and O–H groups in total. The van der Waals surface area contributed by atoms with Crippen LogP contribution in [0.2, 0.25) is 0 Å². The van der Waals surface area contributed by atoms with E-state index in [0.717, 1.165) is 42.8 Å². The fraction of sp³-hybridized carbons (Fsp3) is 0.522. The Morgan fingerprint density at radius 2 is 1.93 bits per heavy atom. The number of carbonyl (C=O) groups excluding carboxylic acids is 1. The molecule has 6 nitrogen and oxygen atoms in total. The minimum absolute atomic E-state index is 0.262. The zero-order valence-corrected chi connectivity index (χ0v) is 18.9. The Morgan fingerprint density at radius 3 is 2.57 bits per heavy atom. The van der Waals surface area contributed by atoms with Crippen LogP contribution in [0.4, 0.5) is 0 Å². The number of nitrogens with zero attached hydrogens (tertiary/aromatic N) is 3. The minimum Gasteiger partial charge on any atom is -0.381 e. The molecular formula is C23H34N4O2S. The van der Waals surface area contributed by atoms with Crippen LogP contribution in [-0.4, -0.2) is 52.2 Å². The zero-order chi connectivity index (χ0) is 21.6. The number of carbonyl (C=O) groups is 1. The molecule has 0 saturated carbocycles. The van der Waals surface area contributed by atoms with Gasteiger partial charge >= 0.3 is 0 Å². The lowest BCUT2D eigenvalue weighted by Crippen LogP contribution is -2.28. The van der Waals surface area contributed by atoms with E-state index < -0.39 is 0 Å². The predicted octanol–water partition coefficient (Wildman–Crippen LogP) is 4.28. The highest BCUT2D eigenvalue weighted by molar-refractivity contribution is 7.97. The van der Waals surface area contributed by atoms with E-state index in [0.29, 0.717) is 32.0 Å². The Morgan fingerprint density at radius 1 is 1.17 bits per heavy atom. The molecule has 7 heteroatoms. The van der Waals surface area contributed by atoms with Crippen LogP contribution in [0, 0.1) is 0 Å². The number of nitrogens with two attached hydrogens (primary N) is 1. The van der Waals surface area contributed by atoms with Crippen LogP contribution in [0.3, 0.4) is 0 Å². The molecule has 1 fully saturated rings. The molecule has 0 aromatic carbocycles. The number of amides is 1. The number of hydrogen-bond donors (Lipinski definition) is 1. The van der Waals surface area contributed by atoms with Gasteiger partial charge in [0, 0.05) is 73.2 Å². The highest BCUT2D eigenvalue weighted by atomic mass is 32.2. The summed E-state index contributed by atoms with van der Waals surface area (Å²) in [5.41, 5.74) is 8.51. The third-order valence-electron chi connectivity index (χ3n) is 4.87. The van der Waals surface area contributed by atoms with Crippen LogP contribution in [0.25, 0.3) is 11.1 Å². The molecule has 3 rings (SSSR count). The van der Waals surface area contributed by atoms with Crippen LogP contribution in [-0.2, 0) is 9.53 Å². The van der Waals surface area contributed by atoms with Crippen molar-refractivity contribution in [3.8, 4) is 11.1 Å². The number of pyridine rings is 2. The monoisotopic (exact) mass is 430 g/mol. The summed E-state index contributed by atoms with van der Waals surface area (Å²) < 4.78 is 7.97. The van der Waals surface area contributed by atoms with Gasteiger partial charge in [-0.1, -0.05) is 37.9 Å². The average molecular weight is 431 g/mol. The quantitative estimate of drug-likeness (QED) is 0.448. The molecule has 0 unspecified atom stereocenters. The van der Waals surface area contributed by atoms with Gasteiger partial charge in [0.25, 0.3) is 0 Å². The Hall–Kier alpha value is -1.96. The lowest BCUT2D eigenvalue weighted by Gasteiger charge is -2.30. The van der Waals surface area contributed by atoms with Gasteiger partial charge < -0.3 is 10.5 Å². The minimum atomic E-state index is -0.262. The predicted molar refractivity (Wildman–Crippen MR) is 124 cm³/mol. The standard InChI is InChI=1S/C21H28N4O2S.C2H6/c22-21(26)4-2-12-27-13-14-28-25-10-7-17(8-11-25)20-6-5-19(16-24-20)18-3-1-9-23-15-18;1-2/h1,3,5-6,9,15-17H,2,4,7-8,10-14H2,(H2,22,26);1-2H3. The largest absolute Gasteiger partial charge is 0.381 e. The second-order valence-corrected chi connectivity index (χ2v) is 8.12. The zero-order valence-electron chi connectivity index (χ0n) is 18.1. The molecule has 3 heterocycles. The second-order valence-electron chi connectivity index (χ2n) is 6.93. The topological polar surface area (TPSA) is 81.3 Å². The highest BCUT2D eigenvalue weighted by Crippen LogP contribution is 2.30. The van der Waals surface area contributed by atoms with Gasteiger partial charge in [0.05, 0.1) is 6.61 Å². The van der Waals surface area contributed by atoms with E-state index in [1.807, 2.05) is 44.3 Å². The van der Waals surface area contributed by atoms with E-state index in [4.69, 9.17) is 15.5 Å². The number of ether oxygens (including phenoxy) is 1. The summed E-state index contributed by atoms with van der Waals surface area (Å²) in [6, 6.07) is 8.31. The Kier molecular flexibility index (Phi) is 11.4. The molecule has 1 amide bonds. The van der Waals surface area contributed by atoms with Gasteiger partial charge in [-0.15, -0.1) is 0 Å². The molecule has 164 valence electrons. The average Bonchev–Trinajstić information content (AvgIpc) is 2.81. The maximum Gasteiger partial charge on any atom is 0.217 e. The number of primary amides is 1. The van der Waals surface area contributed by atoms with Crippen molar-refractivity contribution in [3.63, 3.8) is 0 Å². The number of hydrogen-bond acceptors (Lipinski definition) is 6. The molecule has 0 bridgehead atoms. The first-order chi connectivity index (χ1) is 14.7. The van der Waals surface area contributed by atoms with Crippen LogP contribution in [0.5, 0.6) is 0 Å². The Bertz CT molecular complexity index is 720. The SMILES string of the molecule is CC.NC(=O)CCCOCCSN1CCC(c2ccc(-c3cccnc3)cn2)CC1. The normalized spacial score (nSPS) is 14.7. The van der Waals surface area contributed by atoms with Gasteiger partial charge in [-0.3, -0.25) is 19.1 Å². The van der Waals surface area contributed by atoms with Gasteiger partial charge in [0.2, 0.25) is 5.91 Å². The van der Waals surface area contributed by atoms with Crippen molar-refractivity contribution in [2.24, 2.45) is 5.73 Å². The summed E-state index contributed by atoms with van der Waals surface area (Å²) >= 11 is 1.85. The van der Waals surface area contributed by atoms with Gasteiger partial charge in [0.1, 0.15) is 0 Å². The molecule has 1 saturated heterocycles. The van der Waals surface area contributed by atoms with E-state index >= 15 is 0 Å². The third-order valence-corrected chi connectivity index (χ3v) is 5.95. The third kappa shape index (κ3) is 8.42. The smallest absolute Gasteiger partial charge is 0.217 e. The first-order valence-electron chi connectivity index (χ1n) is 10.8. The second kappa shape index (κ2) is 14.1. The number of rotatable bonds is 10. The van der Waals surface area contributed by atoms with Crippen molar-refractivity contribution >= 4 is 17.9 Å². The first-order valence-corrected chi connectivity index (χ1v) is 11.8. The van der Waals surface area contributed by atoms with Crippen LogP contribution in [0.1, 0.15) is 51.1 Å². The first kappa shape index (κ1) is 24.3. The van der Waals surface area contributed by atoms with Crippen LogP contribution < -0.4 is 5.73 Å². The van der Waals surface area contributed by atoms with Gasteiger partial charge in [-0.25, -0.2) is 0 Å². The lowest BCUT2D eigenvalue weighted by atomic mass is 9.93. The Labute approximate surface area is 184 Å². The maximum atomic E-state index is 10.7. The number of aromatic nitrogens is 2. The molecule has 0 spiro atoms. The molecule has 1 aliphatic rings. The Balaban J connectivity index is 0.00000155. The summed E-state index contributed by atoms with van der Waals surface area (Å²) in [7, 11) is 0. The summed E-state index contributed by atoms with van der Waals surface area (Å²) in [6.45, 7) is 7.46.